The SMILES string of the molecule is CN(CC1CN(c2ccc(N3CCC(=CC#N)CC3)c(F)c2)C(=O)O1)C(N)=S. The van der Waals surface area contributed by atoms with Gasteiger partial charge in [0.05, 0.1) is 30.5 Å². The molecule has 0 radical (unpaired) electrons. The molecule has 2 heterocycles. The predicted octanol–water partition coefficient (Wildman–Crippen LogP) is 2.38. The number of carbonyl (C=O) groups excluding carboxylic acids is 1. The minimum Gasteiger partial charge on any atom is -0.442 e. The monoisotopic (exact) mass is 403 g/mol. The number of hydrogen-bond acceptors (Lipinski definition) is 5. The fourth-order valence-corrected chi connectivity index (χ4v) is 3.49. The highest BCUT2D eigenvalue weighted by molar-refractivity contribution is 7.80. The Morgan fingerprint density at radius 2 is 2.21 bits per heavy atom. The Morgan fingerprint density at radius 3 is 2.82 bits per heavy atom. The number of cyclic esters (lactones) is 1. The third-order valence-corrected chi connectivity index (χ3v) is 5.30. The molecule has 2 aliphatic heterocycles. The molecule has 1 atom stereocenters. The summed E-state index contributed by atoms with van der Waals surface area (Å²) < 4.78 is 20.1. The Bertz CT molecular complexity index is 843. The molecule has 7 nitrogen and oxygen atoms in total. The van der Waals surface area contributed by atoms with E-state index in [2.05, 4.69) is 0 Å². The minimum atomic E-state index is -0.516. The van der Waals surface area contributed by atoms with E-state index in [4.69, 9.17) is 28.0 Å². The first-order valence-electron chi connectivity index (χ1n) is 8.99. The molecule has 2 saturated heterocycles. The second kappa shape index (κ2) is 8.44. The molecular weight excluding hydrogens is 381 g/mol. The topological polar surface area (TPSA) is 85.8 Å². The second-order valence-electron chi connectivity index (χ2n) is 6.89. The van der Waals surface area contributed by atoms with Crippen molar-refractivity contribution < 1.29 is 13.9 Å². The first-order chi connectivity index (χ1) is 13.4. The summed E-state index contributed by atoms with van der Waals surface area (Å²) >= 11 is 4.90. The lowest BCUT2D eigenvalue weighted by molar-refractivity contribution is 0.130. The van der Waals surface area contributed by atoms with Gasteiger partial charge >= 0.3 is 6.09 Å². The molecule has 0 aromatic heterocycles. The summed E-state index contributed by atoms with van der Waals surface area (Å²) in [6.07, 6.45) is 2.14. The van der Waals surface area contributed by atoms with Crippen molar-refractivity contribution in [2.45, 2.75) is 18.9 Å². The minimum absolute atomic E-state index is 0.221. The third-order valence-electron chi connectivity index (χ3n) is 4.99. The van der Waals surface area contributed by atoms with Crippen LogP contribution in [-0.4, -0.2) is 55.4 Å². The number of nitrogens with zero attached hydrogens (tertiary/aromatic N) is 4. The number of piperidine rings is 1. The zero-order valence-corrected chi connectivity index (χ0v) is 16.4. The number of nitriles is 1. The molecule has 3 rings (SSSR count). The smallest absolute Gasteiger partial charge is 0.414 e. The predicted molar refractivity (Wildman–Crippen MR) is 109 cm³/mol. The lowest BCUT2D eigenvalue weighted by atomic mass is 10.0. The molecule has 148 valence electrons. The van der Waals surface area contributed by atoms with Crippen molar-refractivity contribution in [1.29, 1.82) is 5.26 Å². The van der Waals surface area contributed by atoms with Crippen LogP contribution in [0.4, 0.5) is 20.6 Å². The summed E-state index contributed by atoms with van der Waals surface area (Å²) in [5.41, 5.74) is 7.59. The number of nitrogens with two attached hydrogens (primary N) is 1. The fourth-order valence-electron chi connectivity index (χ4n) is 3.41. The standard InChI is InChI=1S/C19H22FN5O2S/c1-23(18(22)28)11-15-12-25(19(26)27-15)14-2-3-17(16(20)10-14)24-8-5-13(4-7-21)6-9-24/h2-4,10,15H,5-6,8-9,11-12H2,1H3,(H2,22,28). The molecular formula is C19H22FN5O2S. The van der Waals surface area contributed by atoms with E-state index in [1.165, 1.54) is 11.0 Å². The molecule has 1 unspecified atom stereocenters. The van der Waals surface area contributed by atoms with Crippen LogP contribution in [0.5, 0.6) is 0 Å². The molecule has 0 bridgehead atoms. The Hall–Kier alpha value is -2.86. The van der Waals surface area contributed by atoms with E-state index in [9.17, 15) is 9.18 Å². The van der Waals surface area contributed by atoms with Crippen LogP contribution < -0.4 is 15.5 Å². The van der Waals surface area contributed by atoms with E-state index < -0.39 is 12.2 Å². The first kappa shape index (κ1) is 19.9. The summed E-state index contributed by atoms with van der Waals surface area (Å²) in [7, 11) is 1.73. The molecule has 0 aliphatic carbocycles. The van der Waals surface area contributed by atoms with E-state index in [0.717, 1.165) is 18.4 Å². The number of likely N-dealkylation sites (N-methyl/N-ethyl adjacent to an activating group) is 1. The Morgan fingerprint density at radius 1 is 1.50 bits per heavy atom. The van der Waals surface area contributed by atoms with E-state index in [-0.39, 0.29) is 10.9 Å². The number of ether oxygens (including phenoxy) is 1. The summed E-state index contributed by atoms with van der Waals surface area (Å²) in [5, 5.41) is 8.96. The molecule has 2 N–H and O–H groups in total. The van der Waals surface area contributed by atoms with Crippen molar-refractivity contribution in [3.63, 3.8) is 0 Å². The number of allylic oxidation sites excluding steroid dienone is 1. The van der Waals surface area contributed by atoms with Crippen LogP contribution in [0.1, 0.15) is 12.8 Å². The van der Waals surface area contributed by atoms with E-state index in [1.807, 2.05) is 11.0 Å². The van der Waals surface area contributed by atoms with Crippen LogP contribution in [0.2, 0.25) is 0 Å². The molecule has 1 aromatic carbocycles. The van der Waals surface area contributed by atoms with Gasteiger partial charge in [-0.25, -0.2) is 9.18 Å². The van der Waals surface area contributed by atoms with Crippen LogP contribution >= 0.6 is 12.2 Å². The van der Waals surface area contributed by atoms with Crippen LogP contribution in [0.25, 0.3) is 0 Å². The number of rotatable bonds is 4. The molecule has 2 aliphatic rings. The maximum absolute atomic E-state index is 14.7. The highest BCUT2D eigenvalue weighted by atomic mass is 32.1. The maximum atomic E-state index is 14.7. The van der Waals surface area contributed by atoms with Crippen molar-refractivity contribution in [3.8, 4) is 6.07 Å². The zero-order valence-electron chi connectivity index (χ0n) is 15.6. The summed E-state index contributed by atoms with van der Waals surface area (Å²) in [5.74, 6) is -0.387. The van der Waals surface area contributed by atoms with Crippen LogP contribution in [-0.2, 0) is 4.74 Å². The number of thiocarbonyl (C=S) groups is 1. The number of anilines is 2. The second-order valence-corrected chi connectivity index (χ2v) is 7.31. The van der Waals surface area contributed by atoms with Gasteiger partial charge in [-0.3, -0.25) is 4.90 Å². The lowest BCUT2D eigenvalue weighted by Gasteiger charge is -2.30. The molecule has 1 aromatic rings. The highest BCUT2D eigenvalue weighted by Gasteiger charge is 2.33. The molecule has 0 saturated carbocycles. The van der Waals surface area contributed by atoms with Crippen LogP contribution in [0, 0.1) is 17.1 Å². The third kappa shape index (κ3) is 4.34. The number of hydrogen-bond donors (Lipinski definition) is 1. The quantitative estimate of drug-likeness (QED) is 0.610. The van der Waals surface area contributed by atoms with E-state index in [1.54, 1.807) is 30.2 Å². The summed E-state index contributed by atoms with van der Waals surface area (Å²) in [6.45, 7) is 1.99. The van der Waals surface area contributed by atoms with Gasteiger partial charge in [0.15, 0.2) is 5.11 Å². The van der Waals surface area contributed by atoms with Gasteiger partial charge in [0.25, 0.3) is 0 Å². The fraction of sp³-hybridized carbons (Fsp3) is 0.421. The van der Waals surface area contributed by atoms with Gasteiger partial charge in [-0.1, -0.05) is 5.57 Å². The molecule has 28 heavy (non-hydrogen) atoms. The highest BCUT2D eigenvalue weighted by Crippen LogP contribution is 2.30. The van der Waals surface area contributed by atoms with Gasteiger partial charge in [-0.2, -0.15) is 5.26 Å². The number of amides is 1. The normalized spacial score (nSPS) is 19.2. The molecule has 0 spiro atoms. The maximum Gasteiger partial charge on any atom is 0.414 e. The van der Waals surface area contributed by atoms with Gasteiger partial charge in [-0.05, 0) is 43.3 Å². The number of halogens is 1. The van der Waals surface area contributed by atoms with Crippen LogP contribution in [0.15, 0.2) is 29.8 Å². The number of carbonyl (C=O) groups is 1. The average molecular weight is 403 g/mol. The van der Waals surface area contributed by atoms with Gasteiger partial charge in [0.2, 0.25) is 0 Å². The number of benzene rings is 1. The Balaban J connectivity index is 1.67. The van der Waals surface area contributed by atoms with Crippen LogP contribution in [0.3, 0.4) is 0 Å². The molecule has 1 amide bonds. The zero-order chi connectivity index (χ0) is 20.3. The van der Waals surface area contributed by atoms with Crippen molar-refractivity contribution in [1.82, 2.24) is 4.90 Å². The average Bonchev–Trinajstić information content (AvgIpc) is 3.03. The Labute approximate surface area is 168 Å². The summed E-state index contributed by atoms with van der Waals surface area (Å²) in [4.78, 5) is 17.2. The first-order valence-corrected chi connectivity index (χ1v) is 9.40. The lowest BCUT2D eigenvalue weighted by Crippen LogP contribution is -2.39. The van der Waals surface area contributed by atoms with Crippen molar-refractivity contribution in [2.75, 3.05) is 43.0 Å². The van der Waals surface area contributed by atoms with Gasteiger partial charge in [-0.15, -0.1) is 0 Å². The van der Waals surface area contributed by atoms with E-state index >= 15 is 0 Å². The van der Waals surface area contributed by atoms with E-state index in [0.29, 0.717) is 37.6 Å². The van der Waals surface area contributed by atoms with Crippen molar-refractivity contribution in [2.24, 2.45) is 5.73 Å². The summed E-state index contributed by atoms with van der Waals surface area (Å²) in [6, 6.07) is 6.81. The van der Waals surface area contributed by atoms with Gasteiger partial charge in [0.1, 0.15) is 11.9 Å². The van der Waals surface area contributed by atoms with Crippen molar-refractivity contribution >= 4 is 34.8 Å². The Kier molecular flexibility index (Phi) is 5.99. The van der Waals surface area contributed by atoms with Gasteiger partial charge < -0.3 is 20.3 Å². The molecule has 2 fully saturated rings. The van der Waals surface area contributed by atoms with Crippen molar-refractivity contribution in [3.05, 3.63) is 35.7 Å². The van der Waals surface area contributed by atoms with Gasteiger partial charge in [0, 0.05) is 26.2 Å². The largest absolute Gasteiger partial charge is 0.442 e. The molecule has 9 heteroatoms.